The van der Waals surface area contributed by atoms with E-state index >= 15 is 0 Å². The molecule has 9 aromatic carbocycles. The first-order chi connectivity index (χ1) is 28.0. The van der Waals surface area contributed by atoms with Crippen molar-refractivity contribution in [1.29, 1.82) is 5.26 Å². The number of rotatable bonds is 5. The number of furan rings is 1. The molecular weight excluding hydrogens is 693 g/mol. The van der Waals surface area contributed by atoms with Crippen LogP contribution in [0.3, 0.4) is 0 Å². The van der Waals surface area contributed by atoms with E-state index in [0.29, 0.717) is 5.56 Å². The highest BCUT2D eigenvalue weighted by Crippen LogP contribution is 2.52. The van der Waals surface area contributed by atoms with Crippen LogP contribution in [0.2, 0.25) is 0 Å². The second-order valence-corrected chi connectivity index (χ2v) is 15.6. The summed E-state index contributed by atoms with van der Waals surface area (Å²) in [6.45, 7) is 4.69. The lowest BCUT2D eigenvalue weighted by Crippen LogP contribution is -2.16. The van der Waals surface area contributed by atoms with Gasteiger partial charge in [-0.15, -0.1) is 0 Å². The van der Waals surface area contributed by atoms with Crippen molar-refractivity contribution in [2.24, 2.45) is 0 Å². The molecule has 0 amide bonds. The van der Waals surface area contributed by atoms with Crippen LogP contribution in [-0.2, 0) is 5.41 Å². The first-order valence-corrected chi connectivity index (χ1v) is 19.5. The van der Waals surface area contributed by atoms with Gasteiger partial charge in [-0.3, -0.25) is 0 Å². The third kappa shape index (κ3) is 5.04. The molecule has 0 bridgehead atoms. The van der Waals surface area contributed by atoms with Crippen LogP contribution in [0.15, 0.2) is 186 Å². The van der Waals surface area contributed by atoms with Crippen molar-refractivity contribution < 1.29 is 4.42 Å². The number of hydrogen-bond acceptors (Lipinski definition) is 3. The topological polar surface area (TPSA) is 40.2 Å². The molecule has 1 aliphatic carbocycles. The molecule has 0 fully saturated rings. The average molecular weight is 729 g/mol. The lowest BCUT2D eigenvalue weighted by molar-refractivity contribution is 0.662. The van der Waals surface area contributed by atoms with Gasteiger partial charge < -0.3 is 9.32 Å². The number of nitrogens with zero attached hydrogens (tertiary/aromatic N) is 2. The third-order valence-electron chi connectivity index (χ3n) is 12.1. The summed E-state index contributed by atoms with van der Waals surface area (Å²) >= 11 is 0. The van der Waals surface area contributed by atoms with Crippen molar-refractivity contribution in [3.05, 3.63) is 199 Å². The van der Waals surface area contributed by atoms with Crippen molar-refractivity contribution >= 4 is 60.5 Å². The van der Waals surface area contributed by atoms with Crippen molar-refractivity contribution in [1.82, 2.24) is 0 Å². The molecule has 0 atom stereocenters. The minimum Gasteiger partial charge on any atom is -0.455 e. The van der Waals surface area contributed by atoms with E-state index in [-0.39, 0.29) is 5.41 Å². The molecule has 0 saturated carbocycles. The van der Waals surface area contributed by atoms with Gasteiger partial charge in [-0.2, -0.15) is 5.26 Å². The van der Waals surface area contributed by atoms with Crippen molar-refractivity contribution in [3.8, 4) is 39.4 Å². The second kappa shape index (κ2) is 12.6. The molecule has 0 unspecified atom stereocenters. The summed E-state index contributed by atoms with van der Waals surface area (Å²) in [5.74, 6) is 0. The second-order valence-electron chi connectivity index (χ2n) is 15.6. The molecule has 10 aromatic rings. The largest absolute Gasteiger partial charge is 0.455 e. The molecule has 0 radical (unpaired) electrons. The molecule has 0 N–H and O–H groups in total. The highest BCUT2D eigenvalue weighted by Gasteiger charge is 2.37. The van der Waals surface area contributed by atoms with Crippen LogP contribution in [0.1, 0.15) is 30.5 Å². The molecule has 57 heavy (non-hydrogen) atoms. The molecule has 0 aliphatic heterocycles. The fourth-order valence-electron chi connectivity index (χ4n) is 9.40. The van der Waals surface area contributed by atoms with E-state index in [1.54, 1.807) is 0 Å². The van der Waals surface area contributed by atoms with Crippen molar-refractivity contribution in [3.63, 3.8) is 0 Å². The standard InChI is InChI=1S/C54H36N2O/c1-54(2)49-17-8-7-12-44(49)46-16-9-15-41(52(46)54)37-24-28-39(29-25-37)56(38-26-22-36(23-27-38)35-20-18-34(33-55)19-21-35)40-30-31-48-50(32-40)57-53-47-14-6-4-11-43(47)42-10-3-5-13-45(42)51(48)53/h3-32H,1-2H3. The molecule has 0 saturated heterocycles. The lowest BCUT2D eigenvalue weighted by Gasteiger charge is -2.27. The van der Waals surface area contributed by atoms with Crippen LogP contribution < -0.4 is 4.90 Å². The van der Waals surface area contributed by atoms with Gasteiger partial charge in [0.1, 0.15) is 11.2 Å². The maximum absolute atomic E-state index is 9.33. The number of nitriles is 1. The molecule has 1 aliphatic rings. The van der Waals surface area contributed by atoms with Gasteiger partial charge in [0.25, 0.3) is 0 Å². The number of fused-ring (bicyclic) bond motifs is 11. The van der Waals surface area contributed by atoms with Gasteiger partial charge in [0.05, 0.1) is 11.6 Å². The maximum atomic E-state index is 9.33. The summed E-state index contributed by atoms with van der Waals surface area (Å²) in [5, 5.41) is 16.3. The average Bonchev–Trinajstić information content (AvgIpc) is 3.77. The highest BCUT2D eigenvalue weighted by atomic mass is 16.3. The normalized spacial score (nSPS) is 12.9. The Morgan fingerprint density at radius 3 is 1.72 bits per heavy atom. The lowest BCUT2D eigenvalue weighted by atomic mass is 9.79. The van der Waals surface area contributed by atoms with Crippen molar-refractivity contribution in [2.45, 2.75) is 19.3 Å². The minimum atomic E-state index is -0.109. The summed E-state index contributed by atoms with van der Waals surface area (Å²) < 4.78 is 6.85. The van der Waals surface area contributed by atoms with E-state index in [2.05, 4.69) is 183 Å². The maximum Gasteiger partial charge on any atom is 0.143 e. The van der Waals surface area contributed by atoms with Crippen LogP contribution in [-0.4, -0.2) is 0 Å². The zero-order valence-corrected chi connectivity index (χ0v) is 31.6. The molecule has 1 aromatic heterocycles. The number of hydrogen-bond donors (Lipinski definition) is 0. The Morgan fingerprint density at radius 1 is 0.474 bits per heavy atom. The third-order valence-corrected chi connectivity index (χ3v) is 12.1. The highest BCUT2D eigenvalue weighted by molar-refractivity contribution is 6.30. The van der Waals surface area contributed by atoms with Gasteiger partial charge in [0.2, 0.25) is 0 Å². The smallest absolute Gasteiger partial charge is 0.143 e. The predicted octanol–water partition coefficient (Wildman–Crippen LogP) is 14.9. The first-order valence-electron chi connectivity index (χ1n) is 19.5. The Balaban J connectivity index is 1.06. The van der Waals surface area contributed by atoms with Crippen LogP contribution in [0.4, 0.5) is 17.1 Å². The monoisotopic (exact) mass is 728 g/mol. The molecule has 268 valence electrons. The van der Waals surface area contributed by atoms with Gasteiger partial charge in [-0.05, 0) is 109 Å². The Morgan fingerprint density at radius 2 is 1.02 bits per heavy atom. The Labute approximate surface area is 331 Å². The molecule has 3 heteroatoms. The molecule has 11 rings (SSSR count). The van der Waals surface area contributed by atoms with Crippen LogP contribution in [0.25, 0.3) is 76.9 Å². The minimum absolute atomic E-state index is 0.109. The van der Waals surface area contributed by atoms with E-state index in [1.165, 1.54) is 49.5 Å². The zero-order valence-electron chi connectivity index (χ0n) is 31.6. The van der Waals surface area contributed by atoms with E-state index in [0.717, 1.165) is 55.5 Å². The molecule has 0 spiro atoms. The van der Waals surface area contributed by atoms with Gasteiger partial charge >= 0.3 is 0 Å². The van der Waals surface area contributed by atoms with E-state index in [9.17, 15) is 5.26 Å². The van der Waals surface area contributed by atoms with Gasteiger partial charge in [-0.1, -0.05) is 141 Å². The number of anilines is 3. The Kier molecular flexibility index (Phi) is 7.27. The van der Waals surface area contributed by atoms with Gasteiger partial charge in [-0.25, -0.2) is 0 Å². The first kappa shape index (κ1) is 33.0. The zero-order chi connectivity index (χ0) is 38.3. The van der Waals surface area contributed by atoms with E-state index in [1.807, 2.05) is 24.3 Å². The fraction of sp³-hybridized carbons (Fsp3) is 0.0556. The summed E-state index contributed by atoms with van der Waals surface area (Å²) in [4.78, 5) is 2.31. The molecule has 1 heterocycles. The summed E-state index contributed by atoms with van der Waals surface area (Å²) in [6, 6.07) is 67.0. The number of benzene rings is 9. The Hall–Kier alpha value is -7.41. The molecular formula is C54H36N2O. The van der Waals surface area contributed by atoms with Crippen LogP contribution in [0, 0.1) is 11.3 Å². The van der Waals surface area contributed by atoms with Gasteiger partial charge in [0, 0.05) is 44.7 Å². The molecule has 3 nitrogen and oxygen atoms in total. The summed E-state index contributed by atoms with van der Waals surface area (Å²) in [7, 11) is 0. The summed E-state index contributed by atoms with van der Waals surface area (Å²) in [5.41, 5.74) is 15.4. The Bertz CT molecular complexity index is 3250. The summed E-state index contributed by atoms with van der Waals surface area (Å²) in [6.07, 6.45) is 0. The van der Waals surface area contributed by atoms with Crippen molar-refractivity contribution in [2.75, 3.05) is 4.90 Å². The SMILES string of the molecule is CC1(C)c2ccccc2-c2cccc(-c3ccc(N(c4ccc(-c5ccc(C#N)cc5)cc4)c4ccc5c(c4)oc4c6ccccc6c6ccccc6c54)cc3)c21. The van der Waals surface area contributed by atoms with E-state index < -0.39 is 0 Å². The van der Waals surface area contributed by atoms with Gasteiger partial charge in [0.15, 0.2) is 0 Å². The predicted molar refractivity (Wildman–Crippen MR) is 237 cm³/mol. The van der Waals surface area contributed by atoms with Crippen LogP contribution in [0.5, 0.6) is 0 Å². The van der Waals surface area contributed by atoms with Crippen LogP contribution >= 0.6 is 0 Å². The fourth-order valence-corrected chi connectivity index (χ4v) is 9.40. The van der Waals surface area contributed by atoms with E-state index in [4.69, 9.17) is 4.42 Å². The quantitative estimate of drug-likeness (QED) is 0.166.